The number of ether oxygens (including phenoxy) is 4. The molecule has 3 aliphatic rings. The third-order valence-electron chi connectivity index (χ3n) is 6.06. The van der Waals surface area contributed by atoms with Crippen molar-refractivity contribution in [2.24, 2.45) is 0 Å². The second-order valence-corrected chi connectivity index (χ2v) is 9.43. The average Bonchev–Trinajstić information content (AvgIpc) is 3.57. The molecule has 0 saturated carbocycles. The van der Waals surface area contributed by atoms with E-state index in [1.807, 2.05) is 12.2 Å². The van der Waals surface area contributed by atoms with Crippen molar-refractivity contribution in [1.82, 2.24) is 13.6 Å². The van der Waals surface area contributed by atoms with E-state index in [1.54, 1.807) is 30.9 Å². The number of halogens is 1. The van der Waals surface area contributed by atoms with Gasteiger partial charge in [-0.2, -0.15) is 4.37 Å². The lowest BCUT2D eigenvalue weighted by molar-refractivity contribution is -0.161. The Morgan fingerprint density at radius 3 is 2.91 bits per heavy atom. The molecule has 1 unspecified atom stereocenters. The summed E-state index contributed by atoms with van der Waals surface area (Å²) in [5.74, 6) is -1.27. The lowest BCUT2D eigenvalue weighted by Crippen LogP contribution is -2.44. The molecule has 0 aliphatic carbocycles. The molecule has 4 heterocycles. The van der Waals surface area contributed by atoms with Gasteiger partial charge in [-0.25, -0.2) is 9.18 Å². The van der Waals surface area contributed by atoms with Gasteiger partial charge in [0.2, 0.25) is 5.88 Å². The van der Waals surface area contributed by atoms with Crippen molar-refractivity contribution in [1.29, 1.82) is 0 Å². The number of hydrogen-bond donors (Lipinski definition) is 0. The monoisotopic (exact) mass is 504 g/mol. The Balaban J connectivity index is 1.34. The van der Waals surface area contributed by atoms with Crippen molar-refractivity contribution < 1.29 is 32.9 Å². The van der Waals surface area contributed by atoms with Crippen molar-refractivity contribution >= 4 is 29.4 Å². The van der Waals surface area contributed by atoms with Gasteiger partial charge in [-0.15, -0.1) is 4.37 Å². The molecule has 3 atom stereocenters. The number of anilines is 1. The van der Waals surface area contributed by atoms with Crippen LogP contribution in [0.4, 0.5) is 14.9 Å². The molecule has 0 spiro atoms. The summed E-state index contributed by atoms with van der Waals surface area (Å²) in [7, 11) is 0. The van der Waals surface area contributed by atoms with Gasteiger partial charge in [-0.1, -0.05) is 18.2 Å². The van der Waals surface area contributed by atoms with Crippen LogP contribution in [0.2, 0.25) is 0 Å². The average molecular weight is 505 g/mol. The van der Waals surface area contributed by atoms with Crippen LogP contribution < -0.4 is 9.64 Å². The number of hydrogen-bond acceptors (Lipinski definition) is 9. The second kappa shape index (κ2) is 9.51. The van der Waals surface area contributed by atoms with Crippen molar-refractivity contribution in [3.05, 3.63) is 47.9 Å². The van der Waals surface area contributed by atoms with E-state index in [4.69, 9.17) is 18.9 Å². The molecule has 1 aromatic heterocycles. The van der Waals surface area contributed by atoms with Gasteiger partial charge >= 0.3 is 6.09 Å². The van der Waals surface area contributed by atoms with E-state index in [-0.39, 0.29) is 25.7 Å². The maximum Gasteiger partial charge on any atom is 0.414 e. The highest BCUT2D eigenvalue weighted by molar-refractivity contribution is 6.99. The maximum absolute atomic E-state index is 15.4. The lowest BCUT2D eigenvalue weighted by Gasteiger charge is -2.34. The molecule has 2 fully saturated rings. The summed E-state index contributed by atoms with van der Waals surface area (Å²) < 4.78 is 45.3. The Hall–Kier alpha value is -3.09. The summed E-state index contributed by atoms with van der Waals surface area (Å²) in [6.07, 6.45) is 4.55. The van der Waals surface area contributed by atoms with Crippen molar-refractivity contribution in [2.75, 3.05) is 31.3 Å². The first-order chi connectivity index (χ1) is 16.8. The zero-order valence-corrected chi connectivity index (χ0v) is 20.1. The molecule has 3 aliphatic heterocycles. The van der Waals surface area contributed by atoms with E-state index in [1.165, 1.54) is 17.2 Å². The molecule has 12 heteroatoms. The first-order valence-electron chi connectivity index (χ1n) is 11.3. The summed E-state index contributed by atoms with van der Waals surface area (Å²) in [6, 6.07) is 3.47. The van der Waals surface area contributed by atoms with E-state index in [0.29, 0.717) is 30.1 Å². The van der Waals surface area contributed by atoms with Crippen molar-refractivity contribution in [2.45, 2.75) is 44.2 Å². The van der Waals surface area contributed by atoms with Crippen molar-refractivity contribution in [3.8, 4) is 5.88 Å². The fourth-order valence-electron chi connectivity index (χ4n) is 4.40. The summed E-state index contributed by atoms with van der Waals surface area (Å²) in [5, 5.41) is 0. The first-order valence-corrected chi connectivity index (χ1v) is 12.0. The number of benzene rings is 1. The smallest absolute Gasteiger partial charge is 0.414 e. The van der Waals surface area contributed by atoms with Crippen LogP contribution in [0.5, 0.6) is 5.88 Å². The third kappa shape index (κ3) is 4.86. The van der Waals surface area contributed by atoms with E-state index in [9.17, 15) is 9.59 Å². The van der Waals surface area contributed by atoms with Crippen LogP contribution in [0.15, 0.2) is 36.5 Å². The Morgan fingerprint density at radius 1 is 1.34 bits per heavy atom. The van der Waals surface area contributed by atoms with E-state index >= 15 is 4.39 Å². The fraction of sp³-hybridized carbons (Fsp3) is 0.478. The zero-order chi connectivity index (χ0) is 24.6. The Labute approximate surface area is 205 Å². The minimum Gasteiger partial charge on any atom is -0.474 e. The molecule has 35 heavy (non-hydrogen) atoms. The Morgan fingerprint density at radius 2 is 2.20 bits per heavy atom. The molecule has 186 valence electrons. The van der Waals surface area contributed by atoms with Gasteiger partial charge in [0.05, 0.1) is 30.1 Å². The quantitative estimate of drug-likeness (QED) is 0.553. The molecule has 0 bridgehead atoms. The van der Waals surface area contributed by atoms with Crippen LogP contribution in [0.25, 0.3) is 0 Å². The van der Waals surface area contributed by atoms with E-state index in [2.05, 4.69) is 8.75 Å². The molecule has 2 saturated heterocycles. The molecule has 2 amide bonds. The van der Waals surface area contributed by atoms with Crippen LogP contribution >= 0.6 is 11.7 Å². The van der Waals surface area contributed by atoms with Crippen LogP contribution in [-0.2, 0) is 19.0 Å². The molecule has 5 rings (SSSR count). The lowest BCUT2D eigenvalue weighted by atomic mass is 9.99. The topological polar surface area (TPSA) is 103 Å². The number of carbonyl (C=O) groups excluding carboxylic acids is 2. The molecule has 1 aromatic carbocycles. The van der Waals surface area contributed by atoms with Gasteiger partial charge in [-0.3, -0.25) is 9.69 Å². The van der Waals surface area contributed by atoms with Gasteiger partial charge < -0.3 is 23.8 Å². The highest BCUT2D eigenvalue weighted by Crippen LogP contribution is 2.34. The summed E-state index contributed by atoms with van der Waals surface area (Å²) in [4.78, 5) is 28.5. The third-order valence-corrected chi connectivity index (χ3v) is 6.53. The summed E-state index contributed by atoms with van der Waals surface area (Å²) >= 11 is 1.01. The van der Waals surface area contributed by atoms with Gasteiger partial charge in [0.15, 0.2) is 11.9 Å². The van der Waals surface area contributed by atoms with Crippen LogP contribution in [0.3, 0.4) is 0 Å². The van der Waals surface area contributed by atoms with Crippen LogP contribution in [0, 0.1) is 5.82 Å². The number of nitrogens with zero attached hydrogens (tertiary/aromatic N) is 4. The second-order valence-electron chi connectivity index (χ2n) is 8.87. The molecule has 0 radical (unpaired) electrons. The summed E-state index contributed by atoms with van der Waals surface area (Å²) in [6.45, 7) is 4.31. The zero-order valence-electron chi connectivity index (χ0n) is 19.3. The largest absolute Gasteiger partial charge is 0.474 e. The predicted octanol–water partition coefficient (Wildman–Crippen LogP) is 3.06. The highest BCUT2D eigenvalue weighted by Gasteiger charge is 2.41. The van der Waals surface area contributed by atoms with Gasteiger partial charge in [-0.05, 0) is 32.4 Å². The highest BCUT2D eigenvalue weighted by atomic mass is 32.1. The number of carbonyl (C=O) groups is 2. The van der Waals surface area contributed by atoms with Gasteiger partial charge in [0, 0.05) is 12.1 Å². The minimum atomic E-state index is -0.838. The van der Waals surface area contributed by atoms with Crippen molar-refractivity contribution in [3.63, 3.8) is 0 Å². The number of aromatic nitrogens is 2. The Kier molecular flexibility index (Phi) is 6.43. The predicted molar refractivity (Wildman–Crippen MR) is 123 cm³/mol. The molecule has 10 nitrogen and oxygen atoms in total. The number of rotatable bonds is 6. The molecule has 0 N–H and O–H groups in total. The number of amides is 2. The standard InChI is InChI=1S/C23H25FN4O6S/c1-23(2)33-13-19(34-23)21(29)27-8-4-3-5-18(27)16-7-6-14(9-17(16)24)28-15(12-32-22(28)30)11-31-20-10-25-35-26-20/h3,5-7,9-10,15,18-19H,4,8,11-13H2,1-2H3/t15-,18?,19-/m1/s1. The van der Waals surface area contributed by atoms with Gasteiger partial charge in [0.25, 0.3) is 5.91 Å². The van der Waals surface area contributed by atoms with E-state index < -0.39 is 35.9 Å². The SMILES string of the molecule is CC1(C)OC[C@H](C(=O)N2CCC=CC2c2ccc(N3C(=O)OC[C@H]3COc3cnsn3)cc2F)O1. The Bertz CT molecular complexity index is 1130. The maximum atomic E-state index is 15.4. The molecular weight excluding hydrogens is 479 g/mol. The fourth-order valence-corrected chi connectivity index (χ4v) is 4.77. The van der Waals surface area contributed by atoms with Crippen LogP contribution in [-0.4, -0.2) is 69.9 Å². The van der Waals surface area contributed by atoms with Crippen LogP contribution in [0.1, 0.15) is 31.9 Å². The number of cyclic esters (lactones) is 1. The minimum absolute atomic E-state index is 0.104. The molecular formula is C23H25FN4O6S. The van der Waals surface area contributed by atoms with E-state index in [0.717, 1.165) is 11.7 Å². The summed E-state index contributed by atoms with van der Waals surface area (Å²) in [5.41, 5.74) is 0.663. The van der Waals surface area contributed by atoms with Gasteiger partial charge in [0.1, 0.15) is 31.3 Å². The first kappa shape index (κ1) is 23.6. The molecule has 2 aromatic rings. The normalized spacial score (nSPS) is 25.7.